The summed E-state index contributed by atoms with van der Waals surface area (Å²) in [6, 6.07) is 17.2. The summed E-state index contributed by atoms with van der Waals surface area (Å²) in [5.74, 6) is 0.824. The lowest BCUT2D eigenvalue weighted by molar-refractivity contribution is 0.571. The van der Waals surface area contributed by atoms with Gasteiger partial charge in [0.05, 0.1) is 0 Å². The highest BCUT2D eigenvalue weighted by Crippen LogP contribution is 2.29. The number of sulfonamides is 1. The van der Waals surface area contributed by atoms with Crippen molar-refractivity contribution in [3.8, 4) is 17.4 Å². The molecule has 0 atom stereocenters. The highest BCUT2D eigenvalue weighted by molar-refractivity contribution is 7.93. The third kappa shape index (κ3) is 4.09. The lowest BCUT2D eigenvalue weighted by Crippen LogP contribution is -2.21. The summed E-state index contributed by atoms with van der Waals surface area (Å²) in [5, 5.41) is 16.1. The molecule has 0 saturated heterocycles. The summed E-state index contributed by atoms with van der Waals surface area (Å²) in [6.07, 6.45) is 1.12. The summed E-state index contributed by atoms with van der Waals surface area (Å²) >= 11 is 0. The normalized spacial score (nSPS) is 12.1. The molecule has 0 aliphatic heterocycles. The molecule has 0 amide bonds. The maximum atomic E-state index is 11.4. The minimum absolute atomic E-state index is 0.248. The number of benzene rings is 2. The second-order valence-corrected chi connectivity index (χ2v) is 7.82. The minimum atomic E-state index is -4.08. The average molecular weight is 395 g/mol. The minimum Gasteiger partial charge on any atom is -0.457 e. The van der Waals surface area contributed by atoms with Crippen LogP contribution in [0.5, 0.6) is 0 Å². The van der Waals surface area contributed by atoms with E-state index in [1.165, 1.54) is 5.69 Å². The van der Waals surface area contributed by atoms with Crippen molar-refractivity contribution in [3.05, 3.63) is 59.2 Å². The fraction of sp³-hybridized carbons (Fsp3) is 0.190. The van der Waals surface area contributed by atoms with Crippen LogP contribution >= 0.6 is 0 Å². The van der Waals surface area contributed by atoms with Crippen molar-refractivity contribution in [2.24, 2.45) is 5.14 Å². The van der Waals surface area contributed by atoms with E-state index in [0.717, 1.165) is 35.5 Å². The van der Waals surface area contributed by atoms with Crippen molar-refractivity contribution in [3.63, 3.8) is 0 Å². The summed E-state index contributed by atoms with van der Waals surface area (Å²) in [4.78, 5) is 1.74. The molecule has 2 N–H and O–H groups in total. The van der Waals surface area contributed by atoms with Gasteiger partial charge in [0.15, 0.2) is 4.91 Å². The molecule has 0 aliphatic rings. The Balaban J connectivity index is 1.95. The number of allylic oxidation sites excluding steroid dienone is 1. The maximum Gasteiger partial charge on any atom is 0.248 e. The number of anilines is 1. The lowest BCUT2D eigenvalue weighted by Gasteiger charge is -2.21. The Morgan fingerprint density at radius 3 is 2.43 bits per heavy atom. The molecule has 0 fully saturated rings. The summed E-state index contributed by atoms with van der Waals surface area (Å²) in [7, 11) is -4.08. The molecule has 0 aliphatic carbocycles. The molecule has 0 radical (unpaired) electrons. The predicted molar refractivity (Wildman–Crippen MR) is 112 cm³/mol. The molecule has 144 valence electrons. The number of hydrogen-bond donors (Lipinski definition) is 1. The van der Waals surface area contributed by atoms with Gasteiger partial charge in [0.25, 0.3) is 0 Å². The van der Waals surface area contributed by atoms with Gasteiger partial charge in [-0.15, -0.1) is 0 Å². The first-order valence-electron chi connectivity index (χ1n) is 8.89. The third-order valence-corrected chi connectivity index (χ3v) is 5.38. The van der Waals surface area contributed by atoms with Crippen LogP contribution < -0.4 is 10.0 Å². The average Bonchev–Trinajstić information content (AvgIpc) is 3.14. The standard InChI is InChI=1S/C21H21N3O3S/c1-3-24(4-2)18-8-7-15-11-17(6-5-16(15)12-18)21-10-9-19(27-21)13-20(14-22)28(23,25)26/h5-13H,3-4H2,1-2H3,(H2,23,25,26)/b20-13+. The SMILES string of the molecule is CCN(CC)c1ccc2cc(-c3ccc(/C=C(\C#N)S(N)(=O)=O)o3)ccc2c1. The van der Waals surface area contributed by atoms with Gasteiger partial charge in [-0.2, -0.15) is 5.26 Å². The number of fused-ring (bicyclic) bond motifs is 1. The Morgan fingerprint density at radius 2 is 1.79 bits per heavy atom. The molecule has 0 bridgehead atoms. The number of hydrogen-bond acceptors (Lipinski definition) is 5. The van der Waals surface area contributed by atoms with E-state index < -0.39 is 14.9 Å². The molecule has 7 heteroatoms. The molecule has 0 saturated carbocycles. The van der Waals surface area contributed by atoms with Crippen LogP contribution in [0.3, 0.4) is 0 Å². The van der Waals surface area contributed by atoms with Crippen molar-refractivity contribution in [2.75, 3.05) is 18.0 Å². The number of rotatable bonds is 6. The van der Waals surface area contributed by atoms with Crippen LogP contribution in [-0.4, -0.2) is 21.5 Å². The van der Waals surface area contributed by atoms with E-state index >= 15 is 0 Å². The number of nitrogens with two attached hydrogens (primary N) is 1. The molecule has 6 nitrogen and oxygen atoms in total. The number of furan rings is 1. The predicted octanol–water partition coefficient (Wildman–Crippen LogP) is 4.10. The zero-order chi connectivity index (χ0) is 20.3. The fourth-order valence-corrected chi connectivity index (χ4v) is 3.47. The monoisotopic (exact) mass is 395 g/mol. The number of nitriles is 1. The Labute approximate surface area is 164 Å². The molecular weight excluding hydrogens is 374 g/mol. The van der Waals surface area contributed by atoms with E-state index in [0.29, 0.717) is 5.76 Å². The van der Waals surface area contributed by atoms with Crippen LogP contribution in [0.1, 0.15) is 19.6 Å². The first-order valence-corrected chi connectivity index (χ1v) is 10.4. The molecule has 3 aromatic rings. The zero-order valence-electron chi connectivity index (χ0n) is 15.7. The summed E-state index contributed by atoms with van der Waals surface area (Å²) in [5.41, 5.74) is 2.04. The molecule has 1 aromatic heterocycles. The van der Waals surface area contributed by atoms with Crippen molar-refractivity contribution in [1.82, 2.24) is 0 Å². The van der Waals surface area contributed by atoms with Crippen LogP contribution in [0, 0.1) is 11.3 Å². The van der Waals surface area contributed by atoms with Gasteiger partial charge >= 0.3 is 0 Å². The summed E-state index contributed by atoms with van der Waals surface area (Å²) in [6.45, 7) is 6.17. The Hall–Kier alpha value is -3.08. The third-order valence-electron chi connectivity index (χ3n) is 4.55. The molecule has 28 heavy (non-hydrogen) atoms. The topological polar surface area (TPSA) is 100 Å². The highest BCUT2D eigenvalue weighted by atomic mass is 32.2. The van der Waals surface area contributed by atoms with E-state index in [-0.39, 0.29) is 5.76 Å². The van der Waals surface area contributed by atoms with Gasteiger partial charge in [0.1, 0.15) is 17.6 Å². The van der Waals surface area contributed by atoms with Gasteiger partial charge in [-0.1, -0.05) is 18.2 Å². The van der Waals surface area contributed by atoms with Gasteiger partial charge in [-0.3, -0.25) is 0 Å². The second kappa shape index (κ2) is 7.89. The first-order chi connectivity index (χ1) is 13.4. The zero-order valence-corrected chi connectivity index (χ0v) is 16.5. The van der Waals surface area contributed by atoms with Crippen molar-refractivity contribution < 1.29 is 12.8 Å². The van der Waals surface area contributed by atoms with Gasteiger partial charge in [0.2, 0.25) is 10.0 Å². The van der Waals surface area contributed by atoms with Crippen LogP contribution in [0.4, 0.5) is 5.69 Å². The lowest BCUT2D eigenvalue weighted by atomic mass is 10.0. The van der Waals surface area contributed by atoms with Crippen molar-refractivity contribution in [2.45, 2.75) is 13.8 Å². The van der Waals surface area contributed by atoms with Gasteiger partial charge < -0.3 is 9.32 Å². The molecule has 2 aromatic carbocycles. The van der Waals surface area contributed by atoms with E-state index in [4.69, 9.17) is 14.8 Å². The van der Waals surface area contributed by atoms with Crippen LogP contribution in [0.15, 0.2) is 57.9 Å². The summed E-state index contributed by atoms with van der Waals surface area (Å²) < 4.78 is 28.4. The van der Waals surface area contributed by atoms with Gasteiger partial charge in [-0.25, -0.2) is 13.6 Å². The molecule has 0 spiro atoms. The molecule has 1 heterocycles. The Bertz CT molecular complexity index is 1180. The van der Waals surface area contributed by atoms with E-state index in [1.54, 1.807) is 18.2 Å². The van der Waals surface area contributed by atoms with Crippen molar-refractivity contribution >= 4 is 32.6 Å². The highest BCUT2D eigenvalue weighted by Gasteiger charge is 2.13. The molecule has 0 unspecified atom stereocenters. The Morgan fingerprint density at radius 1 is 1.11 bits per heavy atom. The second-order valence-electron chi connectivity index (χ2n) is 6.29. The first kappa shape index (κ1) is 19.7. The quantitative estimate of drug-likeness (QED) is 0.633. The fourth-order valence-electron chi connectivity index (χ4n) is 3.06. The van der Waals surface area contributed by atoms with Crippen molar-refractivity contribution in [1.29, 1.82) is 5.26 Å². The van der Waals surface area contributed by atoms with Gasteiger partial charge in [-0.05, 0) is 55.0 Å². The smallest absolute Gasteiger partial charge is 0.248 e. The van der Waals surface area contributed by atoms with Gasteiger partial charge in [0, 0.05) is 30.4 Å². The molecule has 3 rings (SSSR count). The van der Waals surface area contributed by atoms with E-state index in [2.05, 4.69) is 36.9 Å². The molecular formula is C21H21N3O3S. The number of primary sulfonamides is 1. The maximum absolute atomic E-state index is 11.4. The van der Waals surface area contributed by atoms with Crippen LogP contribution in [-0.2, 0) is 10.0 Å². The van der Waals surface area contributed by atoms with E-state index in [1.807, 2.05) is 18.2 Å². The number of nitrogens with zero attached hydrogens (tertiary/aromatic N) is 2. The van der Waals surface area contributed by atoms with Crippen LogP contribution in [0.25, 0.3) is 28.2 Å². The Kier molecular flexibility index (Phi) is 5.54. The van der Waals surface area contributed by atoms with E-state index in [9.17, 15) is 8.42 Å². The van der Waals surface area contributed by atoms with Crippen LogP contribution in [0.2, 0.25) is 0 Å². The largest absolute Gasteiger partial charge is 0.457 e.